The normalized spacial score (nSPS) is 20.1. The average Bonchev–Trinajstić information content (AvgIpc) is 2.56. The Hall–Kier alpha value is -2.51. The lowest BCUT2D eigenvalue weighted by Crippen LogP contribution is -2.41. The van der Waals surface area contributed by atoms with Crippen LogP contribution in [0.5, 0.6) is 11.5 Å². The maximum Gasteiger partial charge on any atom is 0.319 e. The van der Waals surface area contributed by atoms with Gasteiger partial charge in [0.05, 0.1) is 25.8 Å². The molecule has 1 aromatic carbocycles. The van der Waals surface area contributed by atoms with Crippen molar-refractivity contribution in [2.45, 2.75) is 31.7 Å². The fraction of sp³-hybridized carbons (Fsp3) is 0.500. The van der Waals surface area contributed by atoms with Crippen LogP contribution >= 0.6 is 0 Å². The predicted molar refractivity (Wildman–Crippen MR) is 85.0 cm³/mol. The highest BCUT2D eigenvalue weighted by Crippen LogP contribution is 2.32. The number of halogens is 1. The molecule has 1 saturated carbocycles. The van der Waals surface area contributed by atoms with E-state index in [2.05, 4.69) is 10.6 Å². The highest BCUT2D eigenvalue weighted by Gasteiger charge is 2.26. The first-order valence-corrected chi connectivity index (χ1v) is 7.66. The van der Waals surface area contributed by atoms with Gasteiger partial charge in [-0.3, -0.25) is 4.79 Å². The Morgan fingerprint density at radius 3 is 2.25 bits per heavy atom. The third-order valence-corrected chi connectivity index (χ3v) is 4.13. The van der Waals surface area contributed by atoms with Gasteiger partial charge in [-0.2, -0.15) is 0 Å². The molecule has 0 unspecified atom stereocenters. The molecule has 0 aliphatic heterocycles. The molecule has 2 amide bonds. The molecule has 0 saturated heterocycles. The first-order chi connectivity index (χ1) is 11.4. The number of urea groups is 1. The number of carbonyl (C=O) groups excluding carboxylic acids is 1. The summed E-state index contributed by atoms with van der Waals surface area (Å²) in [7, 11) is 2.81. The van der Waals surface area contributed by atoms with E-state index >= 15 is 0 Å². The van der Waals surface area contributed by atoms with Gasteiger partial charge in [-0.1, -0.05) is 0 Å². The lowest BCUT2D eigenvalue weighted by Gasteiger charge is -2.26. The number of carboxylic acid groups (broad SMARTS) is 1. The third-order valence-electron chi connectivity index (χ3n) is 4.13. The summed E-state index contributed by atoms with van der Waals surface area (Å²) in [6.45, 7) is 0. The Bertz CT molecular complexity index is 615. The number of hydrogen-bond acceptors (Lipinski definition) is 4. The number of carbonyl (C=O) groups is 2. The van der Waals surface area contributed by atoms with Crippen LogP contribution in [-0.2, 0) is 4.79 Å². The number of nitrogens with one attached hydrogen (secondary N) is 2. The number of anilines is 1. The maximum atomic E-state index is 14.0. The summed E-state index contributed by atoms with van der Waals surface area (Å²) in [5.74, 6) is -1.26. The standard InChI is InChI=1S/C16H21FN2O5/c1-23-13-7-11(17)12(8-14(13)24-2)19-16(22)18-10-5-3-9(4-6-10)15(20)21/h7-10H,3-6H2,1-2H3,(H,20,21)(H2,18,19,22). The van der Waals surface area contributed by atoms with Crippen molar-refractivity contribution in [1.29, 1.82) is 0 Å². The number of hydrogen-bond donors (Lipinski definition) is 3. The van der Waals surface area contributed by atoms with E-state index in [0.29, 0.717) is 31.4 Å². The summed E-state index contributed by atoms with van der Waals surface area (Å²) >= 11 is 0. The Labute approximate surface area is 139 Å². The number of carboxylic acids is 1. The van der Waals surface area contributed by atoms with Crippen LogP contribution in [0.15, 0.2) is 12.1 Å². The van der Waals surface area contributed by atoms with Gasteiger partial charge in [0, 0.05) is 18.2 Å². The molecular formula is C16H21FN2O5. The quantitative estimate of drug-likeness (QED) is 0.765. The second kappa shape index (κ2) is 7.85. The first kappa shape index (κ1) is 17.8. The summed E-state index contributed by atoms with van der Waals surface area (Å²) < 4.78 is 24.1. The molecule has 1 aromatic rings. The van der Waals surface area contributed by atoms with Gasteiger partial charge in [-0.05, 0) is 25.7 Å². The molecule has 8 heteroatoms. The van der Waals surface area contributed by atoms with Crippen molar-refractivity contribution < 1.29 is 28.6 Å². The van der Waals surface area contributed by atoms with E-state index in [1.807, 2.05) is 0 Å². The van der Waals surface area contributed by atoms with Crippen LogP contribution < -0.4 is 20.1 Å². The zero-order valence-electron chi connectivity index (χ0n) is 13.6. The van der Waals surface area contributed by atoms with E-state index in [1.54, 1.807) is 0 Å². The SMILES string of the molecule is COc1cc(F)c(NC(=O)NC2CCC(C(=O)O)CC2)cc1OC. The van der Waals surface area contributed by atoms with Crippen molar-refractivity contribution in [1.82, 2.24) is 5.32 Å². The molecule has 1 aliphatic carbocycles. The minimum atomic E-state index is -0.801. The molecular weight excluding hydrogens is 319 g/mol. The molecule has 1 fully saturated rings. The van der Waals surface area contributed by atoms with E-state index in [-0.39, 0.29) is 23.4 Å². The predicted octanol–water partition coefficient (Wildman–Crippen LogP) is 2.61. The van der Waals surface area contributed by atoms with Gasteiger partial charge in [-0.25, -0.2) is 9.18 Å². The number of aliphatic carboxylic acids is 1. The van der Waals surface area contributed by atoms with Crippen LogP contribution in [0.3, 0.4) is 0 Å². The van der Waals surface area contributed by atoms with Gasteiger partial charge in [-0.15, -0.1) is 0 Å². The summed E-state index contributed by atoms with van der Waals surface area (Å²) in [6.07, 6.45) is 2.20. The van der Waals surface area contributed by atoms with Crippen molar-refractivity contribution in [3.8, 4) is 11.5 Å². The molecule has 0 heterocycles. The van der Waals surface area contributed by atoms with Crippen LogP contribution in [-0.4, -0.2) is 37.4 Å². The fourth-order valence-electron chi connectivity index (χ4n) is 2.78. The van der Waals surface area contributed by atoms with Crippen molar-refractivity contribution in [2.75, 3.05) is 19.5 Å². The van der Waals surface area contributed by atoms with Crippen LogP contribution in [0.4, 0.5) is 14.9 Å². The van der Waals surface area contributed by atoms with Gasteiger partial charge >= 0.3 is 12.0 Å². The zero-order valence-corrected chi connectivity index (χ0v) is 13.6. The van der Waals surface area contributed by atoms with Crippen LogP contribution in [0.25, 0.3) is 0 Å². The number of ether oxygens (including phenoxy) is 2. The second-order valence-electron chi connectivity index (χ2n) is 5.67. The minimum absolute atomic E-state index is 0.0237. The summed E-state index contributed by atoms with van der Waals surface area (Å²) in [6, 6.07) is 1.81. The topological polar surface area (TPSA) is 96.9 Å². The molecule has 0 aromatic heterocycles. The molecule has 7 nitrogen and oxygen atoms in total. The van der Waals surface area contributed by atoms with Gasteiger partial charge in [0.2, 0.25) is 0 Å². The minimum Gasteiger partial charge on any atom is -0.493 e. The van der Waals surface area contributed by atoms with E-state index in [4.69, 9.17) is 14.6 Å². The number of methoxy groups -OCH3 is 2. The lowest BCUT2D eigenvalue weighted by atomic mass is 9.86. The monoisotopic (exact) mass is 340 g/mol. The number of amides is 2. The first-order valence-electron chi connectivity index (χ1n) is 7.66. The van der Waals surface area contributed by atoms with Gasteiger partial charge in [0.15, 0.2) is 17.3 Å². The van der Waals surface area contributed by atoms with E-state index in [9.17, 15) is 14.0 Å². The molecule has 0 bridgehead atoms. The van der Waals surface area contributed by atoms with Crippen molar-refractivity contribution in [2.24, 2.45) is 5.92 Å². The van der Waals surface area contributed by atoms with Gasteiger partial charge < -0.3 is 25.2 Å². The number of rotatable bonds is 5. The van der Waals surface area contributed by atoms with E-state index in [1.165, 1.54) is 20.3 Å². The van der Waals surface area contributed by atoms with Crippen molar-refractivity contribution in [3.05, 3.63) is 17.9 Å². The molecule has 0 atom stereocenters. The fourth-order valence-corrected chi connectivity index (χ4v) is 2.78. The van der Waals surface area contributed by atoms with Crippen LogP contribution in [0, 0.1) is 11.7 Å². The Balaban J connectivity index is 1.94. The summed E-state index contributed by atoms with van der Waals surface area (Å²) in [5.41, 5.74) is -0.0237. The average molecular weight is 340 g/mol. The van der Waals surface area contributed by atoms with Gasteiger partial charge in [0.25, 0.3) is 0 Å². The van der Waals surface area contributed by atoms with Crippen LogP contribution in [0.2, 0.25) is 0 Å². The number of benzene rings is 1. The summed E-state index contributed by atoms with van der Waals surface area (Å²) in [4.78, 5) is 22.9. The third kappa shape index (κ3) is 4.27. The molecule has 1 aliphatic rings. The molecule has 3 N–H and O–H groups in total. The molecule has 24 heavy (non-hydrogen) atoms. The second-order valence-corrected chi connectivity index (χ2v) is 5.67. The molecule has 2 rings (SSSR count). The van der Waals surface area contributed by atoms with Crippen LogP contribution in [0.1, 0.15) is 25.7 Å². The Kier molecular flexibility index (Phi) is 5.83. The lowest BCUT2D eigenvalue weighted by molar-refractivity contribution is -0.142. The Morgan fingerprint density at radius 2 is 1.71 bits per heavy atom. The largest absolute Gasteiger partial charge is 0.493 e. The molecule has 0 spiro atoms. The highest BCUT2D eigenvalue weighted by molar-refractivity contribution is 5.90. The molecule has 132 valence electrons. The van der Waals surface area contributed by atoms with Crippen molar-refractivity contribution in [3.63, 3.8) is 0 Å². The zero-order chi connectivity index (χ0) is 17.7. The Morgan fingerprint density at radius 1 is 1.12 bits per heavy atom. The van der Waals surface area contributed by atoms with E-state index in [0.717, 1.165) is 6.07 Å². The highest BCUT2D eigenvalue weighted by atomic mass is 19.1. The van der Waals surface area contributed by atoms with Crippen molar-refractivity contribution >= 4 is 17.7 Å². The smallest absolute Gasteiger partial charge is 0.319 e. The summed E-state index contributed by atoms with van der Waals surface area (Å²) in [5, 5.41) is 14.1. The molecule has 0 radical (unpaired) electrons. The van der Waals surface area contributed by atoms with E-state index < -0.39 is 17.8 Å². The van der Waals surface area contributed by atoms with Gasteiger partial charge in [0.1, 0.15) is 0 Å². The maximum absolute atomic E-state index is 14.0.